The second-order valence-electron chi connectivity index (χ2n) is 6.23. The van der Waals surface area contributed by atoms with Gasteiger partial charge in [-0.05, 0) is 29.8 Å². The zero-order valence-electron chi connectivity index (χ0n) is 14.3. The number of benzene rings is 2. The quantitative estimate of drug-likeness (QED) is 0.839. The van der Waals surface area contributed by atoms with Crippen LogP contribution in [0.25, 0.3) is 0 Å². The zero-order valence-corrected chi connectivity index (χ0v) is 14.3. The standard InChI is InChI=1S/C20H24N2O3/c23-20(24)16-17-6-8-19(9-7-17)25-15-14-21-10-12-22(13-11-21)18-4-2-1-3-5-18/h1-9H,10-16H2,(H,23,24). The van der Waals surface area contributed by atoms with Crippen LogP contribution < -0.4 is 9.64 Å². The summed E-state index contributed by atoms with van der Waals surface area (Å²) in [5.41, 5.74) is 2.08. The van der Waals surface area contributed by atoms with Crippen LogP contribution in [0.2, 0.25) is 0 Å². The lowest BCUT2D eigenvalue weighted by atomic mass is 10.1. The lowest BCUT2D eigenvalue weighted by Crippen LogP contribution is -2.47. The van der Waals surface area contributed by atoms with Crippen LogP contribution >= 0.6 is 0 Å². The van der Waals surface area contributed by atoms with Crippen LogP contribution in [0.4, 0.5) is 5.69 Å². The van der Waals surface area contributed by atoms with Gasteiger partial charge in [0.2, 0.25) is 0 Å². The first kappa shape index (κ1) is 17.3. The van der Waals surface area contributed by atoms with E-state index in [1.807, 2.05) is 30.3 Å². The molecule has 132 valence electrons. The van der Waals surface area contributed by atoms with Gasteiger partial charge in [0.05, 0.1) is 6.42 Å². The molecule has 0 saturated carbocycles. The number of anilines is 1. The molecule has 1 fully saturated rings. The molecule has 1 N–H and O–H groups in total. The van der Waals surface area contributed by atoms with Gasteiger partial charge in [0.25, 0.3) is 0 Å². The van der Waals surface area contributed by atoms with Gasteiger partial charge >= 0.3 is 5.97 Å². The van der Waals surface area contributed by atoms with Crippen LogP contribution in [-0.4, -0.2) is 55.3 Å². The molecule has 0 amide bonds. The van der Waals surface area contributed by atoms with Crippen molar-refractivity contribution in [1.29, 1.82) is 0 Å². The Hall–Kier alpha value is -2.53. The predicted molar refractivity (Wildman–Crippen MR) is 98.4 cm³/mol. The molecule has 3 rings (SSSR count). The van der Waals surface area contributed by atoms with Crippen molar-refractivity contribution < 1.29 is 14.6 Å². The number of carboxylic acids is 1. The molecule has 0 atom stereocenters. The number of ether oxygens (including phenoxy) is 1. The molecule has 2 aromatic rings. The molecule has 0 unspecified atom stereocenters. The topological polar surface area (TPSA) is 53.0 Å². The van der Waals surface area contributed by atoms with Gasteiger partial charge in [-0.3, -0.25) is 9.69 Å². The monoisotopic (exact) mass is 340 g/mol. The van der Waals surface area contributed by atoms with Crippen molar-refractivity contribution in [3.05, 3.63) is 60.2 Å². The summed E-state index contributed by atoms with van der Waals surface area (Å²) in [7, 11) is 0. The molecule has 0 aromatic heterocycles. The average Bonchev–Trinajstić information content (AvgIpc) is 2.64. The van der Waals surface area contributed by atoms with Crippen molar-refractivity contribution in [1.82, 2.24) is 4.90 Å². The summed E-state index contributed by atoms with van der Waals surface area (Å²) in [5.74, 6) is -0.0274. The molecule has 0 bridgehead atoms. The van der Waals surface area contributed by atoms with Gasteiger partial charge in [0.1, 0.15) is 12.4 Å². The highest BCUT2D eigenvalue weighted by Crippen LogP contribution is 2.16. The van der Waals surface area contributed by atoms with E-state index >= 15 is 0 Å². The number of hydrogen-bond donors (Lipinski definition) is 1. The number of aliphatic carboxylic acids is 1. The van der Waals surface area contributed by atoms with E-state index in [-0.39, 0.29) is 6.42 Å². The van der Waals surface area contributed by atoms with Crippen molar-refractivity contribution in [3.63, 3.8) is 0 Å². The van der Waals surface area contributed by atoms with E-state index in [0.29, 0.717) is 6.61 Å². The number of para-hydroxylation sites is 1. The molecular formula is C20H24N2O3. The Kier molecular flexibility index (Phi) is 5.90. The summed E-state index contributed by atoms with van der Waals surface area (Å²) in [6.07, 6.45) is 0.0476. The molecule has 5 heteroatoms. The summed E-state index contributed by atoms with van der Waals surface area (Å²) >= 11 is 0. The lowest BCUT2D eigenvalue weighted by molar-refractivity contribution is -0.136. The molecule has 1 aliphatic heterocycles. The molecule has 25 heavy (non-hydrogen) atoms. The Balaban J connectivity index is 1.38. The Morgan fingerprint density at radius 2 is 1.64 bits per heavy atom. The first-order chi connectivity index (χ1) is 12.2. The van der Waals surface area contributed by atoms with Gasteiger partial charge in [-0.2, -0.15) is 0 Å². The van der Waals surface area contributed by atoms with Crippen LogP contribution in [-0.2, 0) is 11.2 Å². The van der Waals surface area contributed by atoms with E-state index in [1.165, 1.54) is 5.69 Å². The normalized spacial score (nSPS) is 15.1. The summed E-state index contributed by atoms with van der Waals surface area (Å²) in [6.45, 7) is 5.69. The first-order valence-electron chi connectivity index (χ1n) is 8.66. The van der Waals surface area contributed by atoms with E-state index in [4.69, 9.17) is 9.84 Å². The minimum absolute atomic E-state index is 0.0476. The van der Waals surface area contributed by atoms with Gasteiger partial charge < -0.3 is 14.7 Å². The van der Waals surface area contributed by atoms with E-state index in [2.05, 4.69) is 34.1 Å². The van der Waals surface area contributed by atoms with Crippen molar-refractivity contribution in [2.45, 2.75) is 6.42 Å². The maximum absolute atomic E-state index is 10.7. The largest absolute Gasteiger partial charge is 0.492 e. The number of nitrogens with zero attached hydrogens (tertiary/aromatic N) is 2. The molecule has 0 aliphatic carbocycles. The van der Waals surface area contributed by atoms with E-state index < -0.39 is 5.97 Å². The lowest BCUT2D eigenvalue weighted by Gasteiger charge is -2.36. The SMILES string of the molecule is O=C(O)Cc1ccc(OCCN2CCN(c3ccccc3)CC2)cc1. The molecule has 0 radical (unpaired) electrons. The number of piperazine rings is 1. The van der Waals surface area contributed by atoms with Crippen LogP contribution in [0.3, 0.4) is 0 Å². The molecule has 1 saturated heterocycles. The summed E-state index contributed by atoms with van der Waals surface area (Å²) in [4.78, 5) is 15.5. The minimum Gasteiger partial charge on any atom is -0.492 e. The smallest absolute Gasteiger partial charge is 0.307 e. The van der Waals surface area contributed by atoms with Crippen molar-refractivity contribution >= 4 is 11.7 Å². The van der Waals surface area contributed by atoms with Gasteiger partial charge in [0.15, 0.2) is 0 Å². The fourth-order valence-electron chi connectivity index (χ4n) is 3.04. The second-order valence-corrected chi connectivity index (χ2v) is 6.23. The Labute approximate surface area is 148 Å². The second kappa shape index (κ2) is 8.53. The number of carbonyl (C=O) groups is 1. The van der Waals surface area contributed by atoms with Crippen molar-refractivity contribution in [2.75, 3.05) is 44.2 Å². The summed E-state index contributed by atoms with van der Waals surface area (Å²) in [5, 5.41) is 8.77. The Morgan fingerprint density at radius 3 is 2.28 bits per heavy atom. The summed E-state index contributed by atoms with van der Waals surface area (Å²) < 4.78 is 5.78. The molecule has 5 nitrogen and oxygen atoms in total. The van der Waals surface area contributed by atoms with E-state index in [0.717, 1.165) is 44.0 Å². The van der Waals surface area contributed by atoms with Gasteiger partial charge in [-0.25, -0.2) is 0 Å². The maximum atomic E-state index is 10.7. The van der Waals surface area contributed by atoms with Gasteiger partial charge in [0, 0.05) is 38.4 Å². The fourth-order valence-corrected chi connectivity index (χ4v) is 3.04. The van der Waals surface area contributed by atoms with Crippen molar-refractivity contribution in [3.8, 4) is 5.75 Å². The Morgan fingerprint density at radius 1 is 0.960 bits per heavy atom. The number of carboxylic acid groups (broad SMARTS) is 1. The van der Waals surface area contributed by atoms with Crippen LogP contribution in [0.5, 0.6) is 5.75 Å². The highest BCUT2D eigenvalue weighted by Gasteiger charge is 2.16. The molecule has 1 aliphatic rings. The van der Waals surface area contributed by atoms with Gasteiger partial charge in [-0.15, -0.1) is 0 Å². The third kappa shape index (κ3) is 5.22. The van der Waals surface area contributed by atoms with E-state index in [9.17, 15) is 4.79 Å². The third-order valence-corrected chi connectivity index (χ3v) is 4.45. The number of hydrogen-bond acceptors (Lipinski definition) is 4. The molecule has 1 heterocycles. The average molecular weight is 340 g/mol. The molecule has 0 spiro atoms. The highest BCUT2D eigenvalue weighted by molar-refractivity contribution is 5.70. The predicted octanol–water partition coefficient (Wildman–Crippen LogP) is 2.51. The van der Waals surface area contributed by atoms with Crippen LogP contribution in [0.1, 0.15) is 5.56 Å². The van der Waals surface area contributed by atoms with E-state index in [1.54, 1.807) is 0 Å². The third-order valence-electron chi connectivity index (χ3n) is 4.45. The van der Waals surface area contributed by atoms with Crippen molar-refractivity contribution in [2.24, 2.45) is 0 Å². The number of rotatable bonds is 7. The maximum Gasteiger partial charge on any atom is 0.307 e. The highest BCUT2D eigenvalue weighted by atomic mass is 16.5. The van der Waals surface area contributed by atoms with Crippen LogP contribution in [0.15, 0.2) is 54.6 Å². The summed E-state index contributed by atoms with van der Waals surface area (Å²) in [6, 6.07) is 17.8. The zero-order chi connectivity index (χ0) is 17.5. The Bertz CT molecular complexity index is 665. The van der Waals surface area contributed by atoms with Gasteiger partial charge in [-0.1, -0.05) is 30.3 Å². The fraction of sp³-hybridized carbons (Fsp3) is 0.350. The molecular weight excluding hydrogens is 316 g/mol. The van der Waals surface area contributed by atoms with Crippen LogP contribution in [0, 0.1) is 0 Å². The minimum atomic E-state index is -0.816. The first-order valence-corrected chi connectivity index (χ1v) is 8.66. The molecule has 2 aromatic carbocycles.